The Morgan fingerprint density at radius 3 is 2.39 bits per heavy atom. The smallest absolute Gasteiger partial charge is 0.288 e. The fourth-order valence-corrected chi connectivity index (χ4v) is 5.49. The summed E-state index contributed by atoms with van der Waals surface area (Å²) in [6, 6.07) is 18.8. The van der Waals surface area contributed by atoms with Crippen LogP contribution in [0.15, 0.2) is 87.5 Å². The molecule has 0 aliphatic carbocycles. The molecule has 174 valence electrons. The molecular weight excluding hydrogens is 510 g/mol. The van der Waals surface area contributed by atoms with Crippen molar-refractivity contribution in [2.45, 2.75) is 26.9 Å². The number of halogens is 3. The SMILES string of the molecule is O=C(CCSc1ccccc1Cl)Nc1cccc(S(=O)(=O)Nc2ccc(SC(F)F)cc2)c1. The summed E-state index contributed by atoms with van der Waals surface area (Å²) in [6.07, 6.45) is 0.216. The number of amides is 1. The zero-order valence-corrected chi connectivity index (χ0v) is 20.2. The van der Waals surface area contributed by atoms with E-state index in [0.29, 0.717) is 33.1 Å². The van der Waals surface area contributed by atoms with Crippen molar-refractivity contribution in [1.82, 2.24) is 0 Å². The molecule has 0 heterocycles. The number of carbonyl (C=O) groups is 1. The minimum atomic E-state index is -3.94. The fourth-order valence-electron chi connectivity index (χ4n) is 2.70. The molecule has 0 aliphatic heterocycles. The number of anilines is 2. The highest BCUT2D eigenvalue weighted by Crippen LogP contribution is 2.28. The van der Waals surface area contributed by atoms with Crippen LogP contribution in [0, 0.1) is 0 Å². The highest BCUT2D eigenvalue weighted by atomic mass is 35.5. The van der Waals surface area contributed by atoms with Crippen LogP contribution in [0.3, 0.4) is 0 Å². The Bertz CT molecular complexity index is 1210. The van der Waals surface area contributed by atoms with E-state index in [1.54, 1.807) is 12.1 Å². The third-order valence-corrected chi connectivity index (χ3v) is 7.80. The first-order chi connectivity index (χ1) is 15.7. The largest absolute Gasteiger partial charge is 0.326 e. The van der Waals surface area contributed by atoms with E-state index >= 15 is 0 Å². The van der Waals surface area contributed by atoms with Gasteiger partial charge >= 0.3 is 0 Å². The topological polar surface area (TPSA) is 75.3 Å². The van der Waals surface area contributed by atoms with E-state index in [4.69, 9.17) is 11.6 Å². The average Bonchev–Trinajstić information content (AvgIpc) is 2.76. The molecule has 5 nitrogen and oxygen atoms in total. The van der Waals surface area contributed by atoms with Crippen LogP contribution in [-0.4, -0.2) is 25.8 Å². The molecule has 0 unspecified atom stereocenters. The molecule has 33 heavy (non-hydrogen) atoms. The molecule has 0 aliphatic rings. The number of sulfonamides is 1. The van der Waals surface area contributed by atoms with Crippen LogP contribution in [-0.2, 0) is 14.8 Å². The van der Waals surface area contributed by atoms with Gasteiger partial charge in [0.2, 0.25) is 5.91 Å². The van der Waals surface area contributed by atoms with Gasteiger partial charge in [0, 0.05) is 33.3 Å². The number of rotatable bonds is 10. The van der Waals surface area contributed by atoms with Crippen molar-refractivity contribution in [2.75, 3.05) is 15.8 Å². The summed E-state index contributed by atoms with van der Waals surface area (Å²) in [7, 11) is -3.94. The zero-order chi connectivity index (χ0) is 23.8. The van der Waals surface area contributed by atoms with Crippen LogP contribution in [0.5, 0.6) is 0 Å². The Kier molecular flexibility index (Phi) is 9.02. The van der Waals surface area contributed by atoms with Crippen LogP contribution in [0.4, 0.5) is 20.2 Å². The van der Waals surface area contributed by atoms with Crippen molar-refractivity contribution in [3.8, 4) is 0 Å². The molecule has 0 aromatic heterocycles. The first-order valence-corrected chi connectivity index (χ1v) is 13.3. The molecule has 0 fully saturated rings. The number of thioether (sulfide) groups is 2. The van der Waals surface area contributed by atoms with Crippen molar-refractivity contribution >= 4 is 62.4 Å². The molecule has 0 bridgehead atoms. The molecule has 0 atom stereocenters. The van der Waals surface area contributed by atoms with Crippen molar-refractivity contribution in [3.05, 3.63) is 77.8 Å². The van der Waals surface area contributed by atoms with E-state index in [1.165, 1.54) is 54.2 Å². The third-order valence-electron chi connectivity index (χ3n) is 4.18. The summed E-state index contributed by atoms with van der Waals surface area (Å²) in [4.78, 5) is 13.4. The third kappa shape index (κ3) is 7.92. The molecule has 3 aromatic rings. The van der Waals surface area contributed by atoms with Gasteiger partial charge in [-0.05, 0) is 54.6 Å². The summed E-state index contributed by atoms with van der Waals surface area (Å²) >= 11 is 7.93. The van der Waals surface area contributed by atoms with Crippen molar-refractivity contribution < 1.29 is 22.0 Å². The fraction of sp³-hybridized carbons (Fsp3) is 0.136. The maximum atomic E-state index is 12.7. The van der Waals surface area contributed by atoms with Gasteiger partial charge in [0.1, 0.15) is 0 Å². The van der Waals surface area contributed by atoms with Gasteiger partial charge in [0.25, 0.3) is 15.8 Å². The van der Waals surface area contributed by atoms with E-state index in [-0.39, 0.29) is 22.9 Å². The molecule has 1 amide bonds. The molecule has 11 heteroatoms. The van der Waals surface area contributed by atoms with Crippen LogP contribution in [0.2, 0.25) is 5.02 Å². The Hall–Kier alpha value is -2.27. The van der Waals surface area contributed by atoms with E-state index in [2.05, 4.69) is 10.0 Å². The van der Waals surface area contributed by atoms with E-state index in [0.717, 1.165) is 4.90 Å². The Morgan fingerprint density at radius 1 is 0.970 bits per heavy atom. The molecule has 0 saturated heterocycles. The van der Waals surface area contributed by atoms with Crippen molar-refractivity contribution in [3.63, 3.8) is 0 Å². The quantitative estimate of drug-likeness (QED) is 0.291. The van der Waals surface area contributed by atoms with Crippen LogP contribution in [0.25, 0.3) is 0 Å². The summed E-state index contributed by atoms with van der Waals surface area (Å²) in [6.45, 7) is 0. The maximum Gasteiger partial charge on any atom is 0.288 e. The highest BCUT2D eigenvalue weighted by Gasteiger charge is 2.16. The Labute approximate surface area is 204 Å². The molecule has 0 radical (unpaired) electrons. The predicted molar refractivity (Wildman–Crippen MR) is 131 cm³/mol. The van der Waals surface area contributed by atoms with Crippen LogP contribution in [0.1, 0.15) is 6.42 Å². The lowest BCUT2D eigenvalue weighted by Crippen LogP contribution is -2.15. The normalized spacial score (nSPS) is 11.4. The molecule has 0 saturated carbocycles. The van der Waals surface area contributed by atoms with E-state index in [1.807, 2.05) is 18.2 Å². The molecule has 2 N–H and O–H groups in total. The average molecular weight is 529 g/mol. The van der Waals surface area contributed by atoms with Gasteiger partial charge in [-0.3, -0.25) is 9.52 Å². The standard InChI is InChI=1S/C22H19ClF2N2O3S3/c23-19-6-1-2-7-20(19)31-13-12-21(28)26-16-4-3-5-18(14-16)33(29,30)27-15-8-10-17(11-9-15)32-22(24)25/h1-11,14,22,27H,12-13H2,(H,26,28). The molecule has 3 aromatic carbocycles. The van der Waals surface area contributed by atoms with E-state index < -0.39 is 15.8 Å². The minimum Gasteiger partial charge on any atom is -0.326 e. The van der Waals surface area contributed by atoms with Crippen molar-refractivity contribution in [2.24, 2.45) is 0 Å². The second-order valence-electron chi connectivity index (χ2n) is 6.61. The molecule has 3 rings (SSSR count). The second-order valence-corrected chi connectivity index (χ2v) is 10.9. The first-order valence-electron chi connectivity index (χ1n) is 9.58. The lowest BCUT2D eigenvalue weighted by atomic mass is 10.3. The number of hydrogen-bond donors (Lipinski definition) is 2. The van der Waals surface area contributed by atoms with Gasteiger partial charge in [-0.15, -0.1) is 11.8 Å². The van der Waals surface area contributed by atoms with Gasteiger partial charge in [-0.25, -0.2) is 8.42 Å². The van der Waals surface area contributed by atoms with Gasteiger partial charge in [-0.1, -0.05) is 41.6 Å². The number of alkyl halides is 2. The Balaban J connectivity index is 1.58. The highest BCUT2D eigenvalue weighted by molar-refractivity contribution is 7.99. The Morgan fingerprint density at radius 2 is 1.70 bits per heavy atom. The minimum absolute atomic E-state index is 0.0447. The number of hydrogen-bond acceptors (Lipinski definition) is 5. The number of carbonyl (C=O) groups excluding carboxylic acids is 1. The van der Waals surface area contributed by atoms with Crippen LogP contribution < -0.4 is 10.0 Å². The lowest BCUT2D eigenvalue weighted by molar-refractivity contribution is -0.115. The van der Waals surface area contributed by atoms with Crippen molar-refractivity contribution in [1.29, 1.82) is 0 Å². The monoisotopic (exact) mass is 528 g/mol. The van der Waals surface area contributed by atoms with Gasteiger partial charge in [-0.2, -0.15) is 8.78 Å². The lowest BCUT2D eigenvalue weighted by Gasteiger charge is -2.11. The summed E-state index contributed by atoms with van der Waals surface area (Å²) < 4.78 is 52.6. The summed E-state index contributed by atoms with van der Waals surface area (Å²) in [5, 5.41) is 3.31. The molecule has 0 spiro atoms. The van der Waals surface area contributed by atoms with Gasteiger partial charge in [0.05, 0.1) is 9.92 Å². The predicted octanol–water partition coefficient (Wildman–Crippen LogP) is 6.58. The van der Waals surface area contributed by atoms with Crippen LogP contribution >= 0.6 is 35.1 Å². The summed E-state index contributed by atoms with van der Waals surface area (Å²) in [5.74, 6) is -2.31. The maximum absolute atomic E-state index is 12.7. The van der Waals surface area contributed by atoms with E-state index in [9.17, 15) is 22.0 Å². The first kappa shape index (κ1) is 25.4. The number of benzene rings is 3. The second kappa shape index (κ2) is 11.7. The van der Waals surface area contributed by atoms with Gasteiger partial charge in [0.15, 0.2) is 0 Å². The van der Waals surface area contributed by atoms with Gasteiger partial charge < -0.3 is 5.32 Å². The number of nitrogens with one attached hydrogen (secondary N) is 2. The molecular formula is C22H19ClF2N2O3S3. The summed E-state index contributed by atoms with van der Waals surface area (Å²) in [5.41, 5.74) is 0.578. The zero-order valence-electron chi connectivity index (χ0n) is 17.0.